The minimum atomic E-state index is -1.08. The number of rotatable bonds is 2. The fourth-order valence-electron chi connectivity index (χ4n) is 3.07. The third kappa shape index (κ3) is 4.04. The maximum Gasteiger partial charge on any atom is 0.411 e. The fraction of sp³-hybridized carbons (Fsp3) is 0.556. The molecule has 0 aromatic heterocycles. The number of aryl methyl sites for hydroxylation is 1. The molecule has 0 aliphatic carbocycles. The number of carboxylic acid groups (broad SMARTS) is 1. The van der Waals surface area contributed by atoms with Crippen LogP contribution in [-0.4, -0.2) is 40.3 Å². The molecule has 2 atom stereocenters. The number of likely N-dealkylation sites (tertiary alicyclic amines) is 1. The summed E-state index contributed by atoms with van der Waals surface area (Å²) in [6, 6.07) is 3.59. The van der Waals surface area contributed by atoms with Gasteiger partial charge >= 0.3 is 12.1 Å². The van der Waals surface area contributed by atoms with E-state index in [2.05, 4.69) is 0 Å². The third-order valence-electron chi connectivity index (χ3n) is 4.12. The smallest absolute Gasteiger partial charge is 0.411 e. The number of carbonyl (C=O) groups is 2. The second-order valence-corrected chi connectivity index (χ2v) is 7.21. The second kappa shape index (κ2) is 6.79. The number of piperidine rings is 1. The number of carboxylic acids is 1. The molecule has 1 aliphatic heterocycles. The Labute approximate surface area is 141 Å². The maximum absolute atomic E-state index is 13.5. The van der Waals surface area contributed by atoms with Crippen LogP contribution in [0.5, 0.6) is 0 Å². The standard InChI is InChI=1S/C18H24FNO4/c1-11-10-12(7-8-14(11)19)13-6-5-9-20(15(13)16(21)22)17(23)24-18(2,3)4/h7-8,10,13,15H,5-6,9H2,1-4H3,(H,21,22)/t13-,15+/m0/s1. The molecule has 1 aromatic rings. The van der Waals surface area contributed by atoms with Crippen molar-refractivity contribution in [3.63, 3.8) is 0 Å². The molecule has 5 nitrogen and oxygen atoms in total. The zero-order valence-electron chi connectivity index (χ0n) is 14.5. The van der Waals surface area contributed by atoms with E-state index in [1.165, 1.54) is 11.0 Å². The van der Waals surface area contributed by atoms with Gasteiger partial charge in [0.05, 0.1) is 0 Å². The van der Waals surface area contributed by atoms with Crippen molar-refractivity contribution in [2.75, 3.05) is 6.54 Å². The van der Waals surface area contributed by atoms with E-state index in [0.717, 1.165) is 5.56 Å². The van der Waals surface area contributed by atoms with E-state index in [-0.39, 0.29) is 11.7 Å². The number of amides is 1. The van der Waals surface area contributed by atoms with Gasteiger partial charge in [0, 0.05) is 12.5 Å². The number of hydrogen-bond acceptors (Lipinski definition) is 3. The monoisotopic (exact) mass is 337 g/mol. The molecule has 1 amide bonds. The first-order chi connectivity index (χ1) is 11.1. The summed E-state index contributed by atoms with van der Waals surface area (Å²) < 4.78 is 18.9. The normalized spacial score (nSPS) is 21.5. The molecule has 1 aromatic carbocycles. The van der Waals surface area contributed by atoms with Crippen molar-refractivity contribution in [1.82, 2.24) is 4.90 Å². The van der Waals surface area contributed by atoms with Crippen LogP contribution in [0, 0.1) is 12.7 Å². The Kier molecular flexibility index (Phi) is 5.16. The largest absolute Gasteiger partial charge is 0.480 e. The van der Waals surface area contributed by atoms with E-state index in [0.29, 0.717) is 24.9 Å². The minimum Gasteiger partial charge on any atom is -0.480 e. The molecule has 6 heteroatoms. The maximum atomic E-state index is 13.5. The summed E-state index contributed by atoms with van der Waals surface area (Å²) >= 11 is 0. The summed E-state index contributed by atoms with van der Waals surface area (Å²) in [6.45, 7) is 7.20. The second-order valence-electron chi connectivity index (χ2n) is 7.21. The predicted octanol–water partition coefficient (Wildman–Crippen LogP) is 3.70. The van der Waals surface area contributed by atoms with Crippen molar-refractivity contribution in [2.45, 2.75) is 58.1 Å². The number of benzene rings is 1. The quantitative estimate of drug-likeness (QED) is 0.893. The average molecular weight is 337 g/mol. The van der Waals surface area contributed by atoms with Gasteiger partial charge in [-0.1, -0.05) is 12.1 Å². The lowest BCUT2D eigenvalue weighted by atomic mass is 9.83. The van der Waals surface area contributed by atoms with Crippen molar-refractivity contribution >= 4 is 12.1 Å². The van der Waals surface area contributed by atoms with Crippen molar-refractivity contribution in [3.05, 3.63) is 35.1 Å². The Morgan fingerprint density at radius 2 is 2.00 bits per heavy atom. The van der Waals surface area contributed by atoms with Gasteiger partial charge in [0.1, 0.15) is 17.5 Å². The highest BCUT2D eigenvalue weighted by Crippen LogP contribution is 2.34. The van der Waals surface area contributed by atoms with Gasteiger partial charge in [-0.2, -0.15) is 0 Å². The molecule has 1 fully saturated rings. The van der Waals surface area contributed by atoms with Crippen LogP contribution in [-0.2, 0) is 9.53 Å². The number of halogens is 1. The summed E-state index contributed by atoms with van der Waals surface area (Å²) in [4.78, 5) is 25.5. The number of hydrogen-bond donors (Lipinski definition) is 1. The Morgan fingerprint density at radius 3 is 2.54 bits per heavy atom. The Morgan fingerprint density at radius 1 is 1.33 bits per heavy atom. The van der Waals surface area contributed by atoms with Gasteiger partial charge in [-0.3, -0.25) is 4.90 Å². The Balaban J connectivity index is 2.33. The molecule has 1 N–H and O–H groups in total. The minimum absolute atomic E-state index is 0.328. The lowest BCUT2D eigenvalue weighted by Crippen LogP contribution is -2.53. The number of nitrogens with zero attached hydrogens (tertiary/aromatic N) is 1. The SMILES string of the molecule is Cc1cc([C@@H]2CCCN(C(=O)OC(C)(C)C)[C@H]2C(=O)O)ccc1F. The first-order valence-corrected chi connectivity index (χ1v) is 8.08. The highest BCUT2D eigenvalue weighted by molar-refractivity contribution is 5.81. The van der Waals surface area contributed by atoms with Gasteiger partial charge in [0.25, 0.3) is 0 Å². The molecule has 1 aliphatic rings. The van der Waals surface area contributed by atoms with Crippen LogP contribution in [0.2, 0.25) is 0 Å². The molecule has 132 valence electrons. The van der Waals surface area contributed by atoms with E-state index < -0.39 is 23.7 Å². The Hall–Kier alpha value is -2.11. The van der Waals surface area contributed by atoms with Gasteiger partial charge < -0.3 is 9.84 Å². The molecule has 0 saturated carbocycles. The van der Waals surface area contributed by atoms with E-state index >= 15 is 0 Å². The highest BCUT2D eigenvalue weighted by Gasteiger charge is 2.41. The Bertz CT molecular complexity index is 638. The summed E-state index contributed by atoms with van der Waals surface area (Å²) in [5, 5.41) is 9.69. The fourth-order valence-corrected chi connectivity index (χ4v) is 3.07. The highest BCUT2D eigenvalue weighted by atomic mass is 19.1. The van der Waals surface area contributed by atoms with Crippen LogP contribution in [0.25, 0.3) is 0 Å². The average Bonchev–Trinajstić information content (AvgIpc) is 2.47. The molecule has 24 heavy (non-hydrogen) atoms. The van der Waals surface area contributed by atoms with Gasteiger partial charge in [0.2, 0.25) is 0 Å². The first-order valence-electron chi connectivity index (χ1n) is 8.08. The topological polar surface area (TPSA) is 66.8 Å². The molecule has 1 saturated heterocycles. The molecular formula is C18H24FNO4. The molecule has 0 radical (unpaired) electrons. The molecule has 0 bridgehead atoms. The summed E-state index contributed by atoms with van der Waals surface area (Å²) in [6.07, 6.45) is 0.671. The van der Waals surface area contributed by atoms with Crippen LogP contribution in [0.1, 0.15) is 50.7 Å². The van der Waals surface area contributed by atoms with E-state index in [1.54, 1.807) is 39.8 Å². The van der Waals surface area contributed by atoms with E-state index in [1.807, 2.05) is 0 Å². The summed E-state index contributed by atoms with van der Waals surface area (Å²) in [5.74, 6) is -1.79. The van der Waals surface area contributed by atoms with Crippen molar-refractivity contribution in [2.24, 2.45) is 0 Å². The predicted molar refractivity (Wildman–Crippen MR) is 87.5 cm³/mol. The molecule has 1 heterocycles. The van der Waals surface area contributed by atoms with Crippen molar-refractivity contribution in [3.8, 4) is 0 Å². The van der Waals surface area contributed by atoms with E-state index in [9.17, 15) is 19.1 Å². The van der Waals surface area contributed by atoms with E-state index in [4.69, 9.17) is 4.74 Å². The van der Waals surface area contributed by atoms with Crippen LogP contribution in [0.3, 0.4) is 0 Å². The number of carbonyl (C=O) groups excluding carboxylic acids is 1. The van der Waals surface area contributed by atoms with Crippen molar-refractivity contribution < 1.29 is 23.8 Å². The van der Waals surface area contributed by atoms with Crippen LogP contribution < -0.4 is 0 Å². The third-order valence-corrected chi connectivity index (χ3v) is 4.12. The molecular weight excluding hydrogens is 313 g/mol. The van der Waals surface area contributed by atoms with Gasteiger partial charge in [-0.15, -0.1) is 0 Å². The molecule has 0 spiro atoms. The molecule has 2 rings (SSSR count). The summed E-state index contributed by atoms with van der Waals surface area (Å²) in [5.41, 5.74) is 0.500. The zero-order chi connectivity index (χ0) is 18.1. The van der Waals surface area contributed by atoms with Crippen molar-refractivity contribution in [1.29, 1.82) is 0 Å². The molecule has 0 unspecified atom stereocenters. The summed E-state index contributed by atoms with van der Waals surface area (Å²) in [7, 11) is 0. The number of ether oxygens (including phenoxy) is 1. The zero-order valence-corrected chi connectivity index (χ0v) is 14.5. The first kappa shape index (κ1) is 18.2. The van der Waals surface area contributed by atoms with Gasteiger partial charge in [0.15, 0.2) is 0 Å². The lowest BCUT2D eigenvalue weighted by molar-refractivity contribution is -0.145. The van der Waals surface area contributed by atoms with Crippen LogP contribution in [0.4, 0.5) is 9.18 Å². The van der Waals surface area contributed by atoms with Gasteiger partial charge in [-0.25, -0.2) is 14.0 Å². The lowest BCUT2D eigenvalue weighted by Gasteiger charge is -2.39. The van der Waals surface area contributed by atoms with Crippen LogP contribution >= 0.6 is 0 Å². The number of aliphatic carboxylic acids is 1. The van der Waals surface area contributed by atoms with Gasteiger partial charge in [-0.05, 0) is 57.7 Å². The van der Waals surface area contributed by atoms with Crippen LogP contribution in [0.15, 0.2) is 18.2 Å².